The van der Waals surface area contributed by atoms with Crippen LogP contribution in [0.25, 0.3) is 0 Å². The maximum Gasteiger partial charge on any atom is 0.145 e. The summed E-state index contributed by atoms with van der Waals surface area (Å²) in [7, 11) is 0. The third kappa shape index (κ3) is 3.35. The fourth-order valence-corrected chi connectivity index (χ4v) is 2.55. The first-order valence-corrected chi connectivity index (χ1v) is 7.24. The van der Waals surface area contributed by atoms with Gasteiger partial charge in [0.15, 0.2) is 0 Å². The lowest BCUT2D eigenvalue weighted by molar-refractivity contribution is 0.608. The minimum absolute atomic E-state index is 0.300. The van der Waals surface area contributed by atoms with E-state index in [1.165, 1.54) is 25.7 Å². The van der Waals surface area contributed by atoms with Gasteiger partial charge in [-0.1, -0.05) is 26.7 Å². The van der Waals surface area contributed by atoms with Crippen LogP contribution in [0.2, 0.25) is 0 Å². The van der Waals surface area contributed by atoms with Gasteiger partial charge >= 0.3 is 0 Å². The average molecular weight is 263 g/mol. The van der Waals surface area contributed by atoms with E-state index in [1.807, 2.05) is 6.07 Å². The van der Waals surface area contributed by atoms with Crippen LogP contribution < -0.4 is 16.2 Å². The summed E-state index contributed by atoms with van der Waals surface area (Å²) in [6.45, 7) is 7.55. The number of nitrogens with two attached hydrogens (primary N) is 1. The fourth-order valence-electron chi connectivity index (χ4n) is 2.55. The summed E-state index contributed by atoms with van der Waals surface area (Å²) in [5.74, 6) is 8.37. The molecule has 1 aromatic heterocycles. The van der Waals surface area contributed by atoms with Crippen LogP contribution in [0.4, 0.5) is 11.6 Å². The largest absolute Gasteiger partial charge is 0.354 e. The standard InChI is InChI=1S/C14H25N5/c1-10(2)14-16-12(18-15)9-13(17-14)19-8-6-4-5-7-11(19)3/h9-11H,4-8,15H2,1-3H3,(H,16,17,18). The normalized spacial score (nSPS) is 20.5. The van der Waals surface area contributed by atoms with Gasteiger partial charge in [-0.25, -0.2) is 15.8 Å². The average Bonchev–Trinajstić information content (AvgIpc) is 2.62. The Hall–Kier alpha value is -1.36. The molecule has 0 amide bonds. The highest BCUT2D eigenvalue weighted by molar-refractivity contribution is 5.49. The van der Waals surface area contributed by atoms with Crippen molar-refractivity contribution in [3.8, 4) is 0 Å². The molecule has 2 heterocycles. The van der Waals surface area contributed by atoms with Gasteiger partial charge in [-0.05, 0) is 19.8 Å². The highest BCUT2D eigenvalue weighted by Gasteiger charge is 2.20. The van der Waals surface area contributed by atoms with Gasteiger partial charge in [0.25, 0.3) is 0 Å². The van der Waals surface area contributed by atoms with Gasteiger partial charge in [0, 0.05) is 24.6 Å². The van der Waals surface area contributed by atoms with Crippen LogP contribution in [0.3, 0.4) is 0 Å². The molecule has 1 unspecified atom stereocenters. The van der Waals surface area contributed by atoms with Crippen LogP contribution in [0.15, 0.2) is 6.07 Å². The summed E-state index contributed by atoms with van der Waals surface area (Å²) in [6.07, 6.45) is 5.08. The fraction of sp³-hybridized carbons (Fsp3) is 0.714. The second kappa shape index (κ2) is 6.19. The van der Waals surface area contributed by atoms with Gasteiger partial charge in [0.2, 0.25) is 0 Å². The highest BCUT2D eigenvalue weighted by Crippen LogP contribution is 2.25. The zero-order valence-corrected chi connectivity index (χ0v) is 12.2. The summed E-state index contributed by atoms with van der Waals surface area (Å²) in [6, 6.07) is 2.48. The van der Waals surface area contributed by atoms with Crippen molar-refractivity contribution in [3.63, 3.8) is 0 Å². The van der Waals surface area contributed by atoms with Crippen molar-refractivity contribution in [3.05, 3.63) is 11.9 Å². The quantitative estimate of drug-likeness (QED) is 0.648. The maximum absolute atomic E-state index is 5.52. The van der Waals surface area contributed by atoms with Gasteiger partial charge in [-0.15, -0.1) is 0 Å². The molecule has 0 radical (unpaired) electrons. The van der Waals surface area contributed by atoms with E-state index >= 15 is 0 Å². The van der Waals surface area contributed by atoms with Crippen LogP contribution in [0.1, 0.15) is 58.2 Å². The summed E-state index contributed by atoms with van der Waals surface area (Å²) >= 11 is 0. The Morgan fingerprint density at radius 2 is 2.11 bits per heavy atom. The molecule has 1 saturated heterocycles. The molecule has 0 bridgehead atoms. The summed E-state index contributed by atoms with van der Waals surface area (Å²) < 4.78 is 0. The van der Waals surface area contributed by atoms with E-state index in [0.717, 1.165) is 18.2 Å². The van der Waals surface area contributed by atoms with Crippen molar-refractivity contribution in [1.29, 1.82) is 0 Å². The molecule has 0 spiro atoms. The zero-order valence-electron chi connectivity index (χ0n) is 12.2. The molecular formula is C14H25N5. The number of anilines is 2. The zero-order chi connectivity index (χ0) is 13.8. The van der Waals surface area contributed by atoms with Crippen LogP contribution in [-0.2, 0) is 0 Å². The van der Waals surface area contributed by atoms with Crippen molar-refractivity contribution >= 4 is 11.6 Å². The molecule has 2 rings (SSSR count). The number of hydrogen-bond acceptors (Lipinski definition) is 5. The molecule has 1 fully saturated rings. The maximum atomic E-state index is 5.52. The number of rotatable bonds is 3. The van der Waals surface area contributed by atoms with Crippen molar-refractivity contribution in [2.75, 3.05) is 16.9 Å². The van der Waals surface area contributed by atoms with E-state index in [-0.39, 0.29) is 0 Å². The van der Waals surface area contributed by atoms with Gasteiger partial charge < -0.3 is 10.3 Å². The minimum Gasteiger partial charge on any atom is -0.354 e. The van der Waals surface area contributed by atoms with E-state index < -0.39 is 0 Å². The molecule has 0 aromatic carbocycles. The summed E-state index contributed by atoms with van der Waals surface area (Å²) in [4.78, 5) is 11.5. The second-order valence-electron chi connectivity index (χ2n) is 5.66. The van der Waals surface area contributed by atoms with Crippen LogP contribution in [0.5, 0.6) is 0 Å². The van der Waals surface area contributed by atoms with Crippen molar-refractivity contribution < 1.29 is 0 Å². The van der Waals surface area contributed by atoms with Crippen LogP contribution >= 0.6 is 0 Å². The molecule has 0 aliphatic carbocycles. The monoisotopic (exact) mass is 263 g/mol. The Kier molecular flexibility index (Phi) is 4.58. The predicted octanol–water partition coefficient (Wildman–Crippen LogP) is 2.65. The SMILES string of the molecule is CC(C)c1nc(NN)cc(N2CCCCCC2C)n1. The Balaban J connectivity index is 2.33. The number of aromatic nitrogens is 2. The lowest BCUT2D eigenvalue weighted by atomic mass is 10.1. The van der Waals surface area contributed by atoms with Gasteiger partial charge in [-0.3, -0.25) is 0 Å². The highest BCUT2D eigenvalue weighted by atomic mass is 15.3. The third-order valence-corrected chi connectivity index (χ3v) is 3.74. The number of hydrazine groups is 1. The molecule has 19 heavy (non-hydrogen) atoms. The van der Waals surface area contributed by atoms with Gasteiger partial charge in [0.05, 0.1) is 0 Å². The number of nitrogens with one attached hydrogen (secondary N) is 1. The first-order valence-electron chi connectivity index (χ1n) is 7.24. The van der Waals surface area contributed by atoms with Crippen molar-refractivity contribution in [2.45, 2.75) is 58.4 Å². The molecular weight excluding hydrogens is 238 g/mol. The van der Waals surface area contributed by atoms with E-state index in [4.69, 9.17) is 10.8 Å². The van der Waals surface area contributed by atoms with E-state index in [9.17, 15) is 0 Å². The second-order valence-corrected chi connectivity index (χ2v) is 5.66. The van der Waals surface area contributed by atoms with E-state index in [2.05, 4.69) is 36.1 Å². The molecule has 1 atom stereocenters. The Morgan fingerprint density at radius 3 is 2.79 bits per heavy atom. The molecule has 3 N–H and O–H groups in total. The molecule has 0 saturated carbocycles. The Labute approximate surface area is 115 Å². The van der Waals surface area contributed by atoms with Crippen LogP contribution in [-0.4, -0.2) is 22.6 Å². The molecule has 1 aromatic rings. The Bertz CT molecular complexity index is 418. The van der Waals surface area contributed by atoms with E-state index in [1.54, 1.807) is 0 Å². The first-order chi connectivity index (χ1) is 9.11. The lowest BCUT2D eigenvalue weighted by Crippen LogP contribution is -2.33. The summed E-state index contributed by atoms with van der Waals surface area (Å²) in [5.41, 5.74) is 2.65. The number of nitrogens with zero attached hydrogens (tertiary/aromatic N) is 3. The topological polar surface area (TPSA) is 67.1 Å². The van der Waals surface area contributed by atoms with Gasteiger partial charge in [0.1, 0.15) is 17.5 Å². The van der Waals surface area contributed by atoms with E-state index in [0.29, 0.717) is 17.8 Å². The molecule has 106 valence electrons. The van der Waals surface area contributed by atoms with Gasteiger partial charge in [-0.2, -0.15) is 0 Å². The van der Waals surface area contributed by atoms with Crippen LogP contribution in [0, 0.1) is 0 Å². The Morgan fingerprint density at radius 1 is 1.32 bits per heavy atom. The lowest BCUT2D eigenvalue weighted by Gasteiger charge is -2.29. The number of hydrogen-bond donors (Lipinski definition) is 2. The number of nitrogen functional groups attached to an aromatic ring is 1. The molecule has 1 aliphatic heterocycles. The third-order valence-electron chi connectivity index (χ3n) is 3.74. The summed E-state index contributed by atoms with van der Waals surface area (Å²) in [5, 5.41) is 0. The minimum atomic E-state index is 0.300. The van der Waals surface area contributed by atoms with Crippen molar-refractivity contribution in [2.24, 2.45) is 5.84 Å². The predicted molar refractivity (Wildman–Crippen MR) is 79.2 cm³/mol. The van der Waals surface area contributed by atoms with Crippen molar-refractivity contribution in [1.82, 2.24) is 9.97 Å². The molecule has 5 nitrogen and oxygen atoms in total. The smallest absolute Gasteiger partial charge is 0.145 e. The molecule has 5 heteroatoms. The first kappa shape index (κ1) is 14.1. The molecule has 1 aliphatic rings.